The van der Waals surface area contributed by atoms with Gasteiger partial charge < -0.3 is 10.4 Å². The van der Waals surface area contributed by atoms with Crippen molar-refractivity contribution in [2.45, 2.75) is 38.8 Å². The van der Waals surface area contributed by atoms with Crippen molar-refractivity contribution in [2.24, 2.45) is 0 Å². The molecule has 0 aliphatic heterocycles. The van der Waals surface area contributed by atoms with Gasteiger partial charge in [-0.3, -0.25) is 14.9 Å². The van der Waals surface area contributed by atoms with E-state index in [2.05, 4.69) is 5.32 Å². The summed E-state index contributed by atoms with van der Waals surface area (Å²) < 4.78 is 26.8. The lowest BCUT2D eigenvalue weighted by molar-refractivity contribution is -0.387. The van der Waals surface area contributed by atoms with Crippen molar-refractivity contribution in [1.82, 2.24) is 5.32 Å². The van der Waals surface area contributed by atoms with Gasteiger partial charge in [0.05, 0.1) is 21.6 Å². The number of nitrogens with one attached hydrogen (secondary N) is 1. The van der Waals surface area contributed by atoms with Crippen LogP contribution in [0.2, 0.25) is 0 Å². The first-order valence-electron chi connectivity index (χ1n) is 6.05. The van der Waals surface area contributed by atoms with E-state index in [1.807, 2.05) is 0 Å². The van der Waals surface area contributed by atoms with E-state index in [1.165, 1.54) is 27.7 Å². The highest BCUT2D eigenvalue weighted by atomic mass is 19.1. The fourth-order valence-corrected chi connectivity index (χ4v) is 1.36. The number of aliphatic hydroxyl groups is 1. The number of nitro groups is 1. The Bertz CT molecular complexity index is 595. The largest absolute Gasteiger partial charge is 0.388 e. The third-order valence-corrected chi connectivity index (χ3v) is 3.43. The molecule has 0 aliphatic carbocycles. The number of nitrogens with zero attached hydrogens (tertiary/aromatic N) is 1. The maximum Gasteiger partial charge on any atom is 0.305 e. The molecule has 0 aromatic heterocycles. The molecule has 0 bridgehead atoms. The maximum atomic E-state index is 13.6. The molecule has 0 aliphatic rings. The summed E-state index contributed by atoms with van der Waals surface area (Å²) in [5.74, 6) is -3.57. The van der Waals surface area contributed by atoms with Crippen LogP contribution >= 0.6 is 0 Å². The molecule has 0 heterocycles. The summed E-state index contributed by atoms with van der Waals surface area (Å²) in [6.45, 7) is 5.88. The second-order valence-electron chi connectivity index (χ2n) is 5.68. The molecule has 0 spiro atoms. The van der Waals surface area contributed by atoms with Gasteiger partial charge >= 0.3 is 5.69 Å². The van der Waals surface area contributed by atoms with Crippen LogP contribution in [0.3, 0.4) is 0 Å². The van der Waals surface area contributed by atoms with Crippen LogP contribution in [0.25, 0.3) is 0 Å². The molecule has 0 saturated heterocycles. The van der Waals surface area contributed by atoms with E-state index < -0.39 is 44.9 Å². The summed E-state index contributed by atoms with van der Waals surface area (Å²) in [5, 5.41) is 22.9. The summed E-state index contributed by atoms with van der Waals surface area (Å²) in [7, 11) is 0. The lowest BCUT2D eigenvalue weighted by Crippen LogP contribution is -2.57. The minimum Gasteiger partial charge on any atom is -0.388 e. The Kier molecular flexibility index (Phi) is 4.33. The maximum absolute atomic E-state index is 13.6. The molecule has 0 saturated carbocycles. The highest BCUT2D eigenvalue weighted by molar-refractivity contribution is 5.95. The first-order chi connectivity index (χ1) is 9.36. The topological polar surface area (TPSA) is 92.5 Å². The average molecular weight is 302 g/mol. The zero-order chi connectivity index (χ0) is 16.6. The normalized spacial score (nSPS) is 12.1. The lowest BCUT2D eigenvalue weighted by atomic mass is 9.85. The van der Waals surface area contributed by atoms with Crippen LogP contribution in [0.15, 0.2) is 12.1 Å². The quantitative estimate of drug-likeness (QED) is 0.658. The molecular weight excluding hydrogens is 286 g/mol. The van der Waals surface area contributed by atoms with Crippen LogP contribution < -0.4 is 5.32 Å². The Balaban J connectivity index is 3.20. The van der Waals surface area contributed by atoms with Crippen molar-refractivity contribution in [2.75, 3.05) is 0 Å². The number of carbonyl (C=O) groups is 1. The molecule has 6 nitrogen and oxygen atoms in total. The third-order valence-electron chi connectivity index (χ3n) is 3.43. The number of nitro benzene ring substituents is 1. The number of rotatable bonds is 4. The van der Waals surface area contributed by atoms with Gasteiger partial charge in [-0.05, 0) is 27.7 Å². The van der Waals surface area contributed by atoms with Crippen molar-refractivity contribution in [3.8, 4) is 0 Å². The van der Waals surface area contributed by atoms with Gasteiger partial charge in [0.2, 0.25) is 5.82 Å². The highest BCUT2D eigenvalue weighted by Gasteiger charge is 2.37. The van der Waals surface area contributed by atoms with Gasteiger partial charge in [0, 0.05) is 12.1 Å². The highest BCUT2D eigenvalue weighted by Crippen LogP contribution is 2.24. The number of halogens is 2. The van der Waals surface area contributed by atoms with E-state index in [4.69, 9.17) is 0 Å². The first-order valence-corrected chi connectivity index (χ1v) is 6.05. The standard InChI is InChI=1S/C13H16F2N2O4/c1-12(2,13(3,4)19)16-11(18)7-5-10(17(20)21)9(15)6-8(7)14/h5-6,19H,1-4H3,(H,16,18). The van der Waals surface area contributed by atoms with E-state index in [0.717, 1.165) is 0 Å². The van der Waals surface area contributed by atoms with Crippen molar-refractivity contribution in [1.29, 1.82) is 0 Å². The van der Waals surface area contributed by atoms with Gasteiger partial charge in [-0.15, -0.1) is 0 Å². The number of hydrogen-bond donors (Lipinski definition) is 2. The zero-order valence-corrected chi connectivity index (χ0v) is 12.0. The van der Waals surface area contributed by atoms with Crippen LogP contribution in [0, 0.1) is 21.7 Å². The van der Waals surface area contributed by atoms with Gasteiger partial charge in [-0.1, -0.05) is 0 Å². The Labute approximate surface area is 119 Å². The Morgan fingerprint density at radius 2 is 1.76 bits per heavy atom. The minimum absolute atomic E-state index is 0.282. The Hall–Kier alpha value is -2.09. The first kappa shape index (κ1) is 17.0. The summed E-state index contributed by atoms with van der Waals surface area (Å²) >= 11 is 0. The molecule has 0 fully saturated rings. The average Bonchev–Trinajstić information content (AvgIpc) is 2.25. The molecule has 1 aromatic rings. The molecule has 21 heavy (non-hydrogen) atoms. The number of amides is 1. The van der Waals surface area contributed by atoms with Gasteiger partial charge in [0.25, 0.3) is 5.91 Å². The molecule has 116 valence electrons. The van der Waals surface area contributed by atoms with Crippen LogP contribution in [0.5, 0.6) is 0 Å². The van der Waals surface area contributed by atoms with Crippen LogP contribution in [0.4, 0.5) is 14.5 Å². The number of benzene rings is 1. The molecular formula is C13H16F2N2O4. The molecule has 8 heteroatoms. The third kappa shape index (κ3) is 3.52. The fraction of sp³-hybridized carbons (Fsp3) is 0.462. The fourth-order valence-electron chi connectivity index (χ4n) is 1.36. The SMILES string of the molecule is CC(C)(O)C(C)(C)NC(=O)c1cc([N+](=O)[O-])c(F)cc1F. The van der Waals surface area contributed by atoms with Gasteiger partial charge in [0.1, 0.15) is 5.82 Å². The second kappa shape index (κ2) is 5.36. The minimum atomic E-state index is -1.37. The second-order valence-corrected chi connectivity index (χ2v) is 5.68. The van der Waals surface area contributed by atoms with Crippen molar-refractivity contribution in [3.05, 3.63) is 39.4 Å². The predicted molar refractivity (Wildman–Crippen MR) is 70.9 cm³/mol. The molecule has 1 rings (SSSR count). The summed E-state index contributed by atoms with van der Waals surface area (Å²) in [6.07, 6.45) is 0. The van der Waals surface area contributed by atoms with Gasteiger partial charge in [-0.25, -0.2) is 4.39 Å². The zero-order valence-electron chi connectivity index (χ0n) is 12.0. The Morgan fingerprint density at radius 3 is 2.19 bits per heavy atom. The van der Waals surface area contributed by atoms with Gasteiger partial charge in [-0.2, -0.15) is 4.39 Å². The molecule has 0 radical (unpaired) electrons. The van der Waals surface area contributed by atoms with Crippen LogP contribution in [0.1, 0.15) is 38.1 Å². The molecule has 0 unspecified atom stereocenters. The van der Waals surface area contributed by atoms with Crippen LogP contribution in [-0.2, 0) is 0 Å². The van der Waals surface area contributed by atoms with E-state index >= 15 is 0 Å². The lowest BCUT2D eigenvalue weighted by Gasteiger charge is -2.38. The summed E-state index contributed by atoms with van der Waals surface area (Å²) in [4.78, 5) is 21.6. The molecule has 0 atom stereocenters. The monoisotopic (exact) mass is 302 g/mol. The smallest absolute Gasteiger partial charge is 0.305 e. The Morgan fingerprint density at radius 1 is 1.24 bits per heavy atom. The van der Waals surface area contributed by atoms with Crippen molar-refractivity contribution in [3.63, 3.8) is 0 Å². The van der Waals surface area contributed by atoms with Crippen molar-refractivity contribution >= 4 is 11.6 Å². The van der Waals surface area contributed by atoms with Gasteiger partial charge in [0.15, 0.2) is 0 Å². The van der Waals surface area contributed by atoms with E-state index in [-0.39, 0.29) is 6.07 Å². The van der Waals surface area contributed by atoms with E-state index in [9.17, 15) is 28.8 Å². The van der Waals surface area contributed by atoms with Crippen molar-refractivity contribution < 1.29 is 23.6 Å². The number of carbonyl (C=O) groups excluding carboxylic acids is 1. The number of hydrogen-bond acceptors (Lipinski definition) is 4. The summed E-state index contributed by atoms with van der Waals surface area (Å²) in [5.41, 5.74) is -4.13. The molecule has 2 N–H and O–H groups in total. The molecule has 1 aromatic carbocycles. The predicted octanol–water partition coefficient (Wildman–Crippen LogP) is 2.15. The summed E-state index contributed by atoms with van der Waals surface area (Å²) in [6, 6.07) is 0.810. The van der Waals surface area contributed by atoms with E-state index in [0.29, 0.717) is 6.07 Å². The van der Waals surface area contributed by atoms with E-state index in [1.54, 1.807) is 0 Å². The molecule has 1 amide bonds. The van der Waals surface area contributed by atoms with Crippen LogP contribution in [-0.4, -0.2) is 27.1 Å².